The largest absolute Gasteiger partial charge is 0.494 e. The van der Waals surface area contributed by atoms with Crippen LogP contribution in [0, 0.1) is 0 Å². The van der Waals surface area contributed by atoms with Crippen molar-refractivity contribution in [1.82, 2.24) is 4.31 Å². The molecule has 0 bridgehead atoms. The van der Waals surface area contributed by atoms with Gasteiger partial charge in [0.15, 0.2) is 0 Å². The van der Waals surface area contributed by atoms with Gasteiger partial charge in [-0.25, -0.2) is 8.42 Å². The molecule has 0 amide bonds. The third-order valence-electron chi connectivity index (χ3n) is 4.08. The van der Waals surface area contributed by atoms with Crippen LogP contribution in [0.25, 0.3) is 0 Å². The van der Waals surface area contributed by atoms with Crippen molar-refractivity contribution in [3.05, 3.63) is 37.4 Å². The quantitative estimate of drug-likeness (QED) is 0.596. The molecule has 0 N–H and O–H groups in total. The smallest absolute Gasteiger partial charge is 0.246 e. The zero-order chi connectivity index (χ0) is 18.9. The van der Waals surface area contributed by atoms with Crippen LogP contribution in [-0.2, 0) is 10.0 Å². The van der Waals surface area contributed by atoms with Crippen molar-refractivity contribution in [2.75, 3.05) is 37.7 Å². The second kappa shape index (κ2) is 8.24. The van der Waals surface area contributed by atoms with Gasteiger partial charge in [0, 0.05) is 31.9 Å². The van der Waals surface area contributed by atoms with E-state index < -0.39 is 10.0 Å². The number of piperazine rings is 1. The molecule has 1 aliphatic rings. The summed E-state index contributed by atoms with van der Waals surface area (Å²) in [6, 6.07) is 7.82. The molecule has 0 atom stereocenters. The molecule has 0 saturated carbocycles. The highest BCUT2D eigenvalue weighted by Gasteiger charge is 2.34. The topological polar surface area (TPSA) is 49.9 Å². The fourth-order valence-corrected chi connectivity index (χ4v) is 7.70. The Balaban J connectivity index is 1.71. The summed E-state index contributed by atoms with van der Waals surface area (Å²) in [4.78, 5) is 2.21. The van der Waals surface area contributed by atoms with Crippen molar-refractivity contribution in [3.63, 3.8) is 0 Å². The molecule has 1 aliphatic heterocycles. The summed E-state index contributed by atoms with van der Waals surface area (Å²) in [6.45, 7) is 4.53. The van der Waals surface area contributed by atoms with Gasteiger partial charge in [-0.1, -0.05) is 23.2 Å². The molecule has 142 valence electrons. The summed E-state index contributed by atoms with van der Waals surface area (Å²) in [5.41, 5.74) is 1.04. The minimum atomic E-state index is -3.69. The molecule has 10 heteroatoms. The van der Waals surface area contributed by atoms with Gasteiger partial charge in [-0.3, -0.25) is 0 Å². The van der Waals surface area contributed by atoms with Gasteiger partial charge < -0.3 is 9.64 Å². The van der Waals surface area contributed by atoms with Crippen molar-refractivity contribution in [2.24, 2.45) is 0 Å². The van der Waals surface area contributed by atoms with Crippen LogP contribution in [0.5, 0.6) is 5.75 Å². The molecule has 0 aliphatic carbocycles. The number of benzene rings is 1. The molecule has 1 fully saturated rings. The maximum atomic E-state index is 12.9. The Bertz CT molecular complexity index is 880. The number of rotatable bonds is 5. The Morgan fingerprint density at radius 1 is 1.12 bits per heavy atom. The van der Waals surface area contributed by atoms with Crippen molar-refractivity contribution >= 4 is 66.2 Å². The number of halogens is 3. The zero-order valence-corrected chi connectivity index (χ0v) is 18.6. The molecule has 2 heterocycles. The first-order valence-electron chi connectivity index (χ1n) is 7.96. The summed E-state index contributed by atoms with van der Waals surface area (Å²) >= 11 is 16.4. The third kappa shape index (κ3) is 4.00. The van der Waals surface area contributed by atoms with Gasteiger partial charge >= 0.3 is 0 Å². The number of nitrogens with zero attached hydrogens (tertiary/aromatic N) is 2. The average Bonchev–Trinajstić information content (AvgIpc) is 2.88. The highest BCUT2D eigenvalue weighted by atomic mass is 79.9. The van der Waals surface area contributed by atoms with Gasteiger partial charge in [0.05, 0.1) is 11.1 Å². The van der Waals surface area contributed by atoms with Crippen molar-refractivity contribution in [2.45, 2.75) is 11.8 Å². The predicted octanol–water partition coefficient (Wildman–Crippen LogP) is 4.73. The van der Waals surface area contributed by atoms with Gasteiger partial charge in [0.25, 0.3) is 0 Å². The summed E-state index contributed by atoms with van der Waals surface area (Å²) in [6.07, 6.45) is 0. The van der Waals surface area contributed by atoms with Crippen LogP contribution >= 0.6 is 50.5 Å². The minimum Gasteiger partial charge on any atom is -0.494 e. The van der Waals surface area contributed by atoms with Gasteiger partial charge in [-0.2, -0.15) is 4.31 Å². The monoisotopic (exact) mass is 498 g/mol. The number of thiophene rings is 1. The van der Waals surface area contributed by atoms with Gasteiger partial charge in [-0.05, 0) is 47.1 Å². The zero-order valence-electron chi connectivity index (χ0n) is 13.9. The molecular formula is C16H17BrCl2N2O3S2. The van der Waals surface area contributed by atoms with Crippen LogP contribution in [0.15, 0.2) is 33.6 Å². The van der Waals surface area contributed by atoms with Gasteiger partial charge in [0.2, 0.25) is 10.0 Å². The standard InChI is InChI=1S/C16H17BrCl2N2O3S2/c1-2-24-12-5-3-11(4-6-12)20-7-9-21(10-8-20)26(22,23)14-13(17)15(18)25-16(14)19/h3-6H,2,7-10H2,1H3. The number of hydrogen-bond acceptors (Lipinski definition) is 5. The van der Waals surface area contributed by atoms with E-state index in [0.717, 1.165) is 22.8 Å². The number of sulfonamides is 1. The Morgan fingerprint density at radius 3 is 2.23 bits per heavy atom. The summed E-state index contributed by atoms with van der Waals surface area (Å²) in [5.74, 6) is 0.825. The molecule has 0 radical (unpaired) electrons. The molecule has 3 rings (SSSR count). The van der Waals surface area contributed by atoms with E-state index >= 15 is 0 Å². The van der Waals surface area contributed by atoms with E-state index in [0.29, 0.717) is 41.6 Å². The molecule has 0 unspecified atom stereocenters. The summed E-state index contributed by atoms with van der Waals surface area (Å²) in [7, 11) is -3.69. The minimum absolute atomic E-state index is 0.0590. The first-order valence-corrected chi connectivity index (χ1v) is 11.8. The molecule has 1 saturated heterocycles. The summed E-state index contributed by atoms with van der Waals surface area (Å²) in [5, 5.41) is 0. The normalized spacial score (nSPS) is 16.1. The molecule has 0 spiro atoms. The van der Waals surface area contributed by atoms with E-state index in [-0.39, 0.29) is 9.23 Å². The molecule has 1 aromatic heterocycles. The Morgan fingerprint density at radius 2 is 1.73 bits per heavy atom. The predicted molar refractivity (Wildman–Crippen MR) is 111 cm³/mol. The lowest BCUT2D eigenvalue weighted by Crippen LogP contribution is -2.48. The van der Waals surface area contributed by atoms with Crippen LogP contribution in [0.3, 0.4) is 0 Å². The average molecular weight is 500 g/mol. The molecule has 1 aromatic carbocycles. The van der Waals surface area contributed by atoms with E-state index in [4.69, 9.17) is 27.9 Å². The van der Waals surface area contributed by atoms with Crippen molar-refractivity contribution in [3.8, 4) is 5.75 Å². The maximum absolute atomic E-state index is 12.9. The van der Waals surface area contributed by atoms with E-state index in [1.165, 1.54) is 4.31 Å². The SMILES string of the molecule is CCOc1ccc(N2CCN(S(=O)(=O)c3c(Cl)sc(Cl)c3Br)CC2)cc1. The Hall–Kier alpha value is -0.510. The highest BCUT2D eigenvalue weighted by molar-refractivity contribution is 9.10. The van der Waals surface area contributed by atoms with E-state index in [1.54, 1.807) is 0 Å². The second-order valence-corrected chi connectivity index (χ2v) is 10.5. The lowest BCUT2D eigenvalue weighted by molar-refractivity contribution is 0.340. The van der Waals surface area contributed by atoms with Crippen molar-refractivity contribution in [1.29, 1.82) is 0 Å². The first-order chi connectivity index (χ1) is 12.3. The van der Waals surface area contributed by atoms with Gasteiger partial charge in [-0.15, -0.1) is 11.3 Å². The van der Waals surface area contributed by atoms with Crippen molar-refractivity contribution < 1.29 is 13.2 Å². The molecular weight excluding hydrogens is 483 g/mol. The van der Waals surface area contributed by atoms with E-state index in [1.807, 2.05) is 31.2 Å². The van der Waals surface area contributed by atoms with E-state index in [2.05, 4.69) is 20.8 Å². The van der Waals surface area contributed by atoms with Crippen LogP contribution in [-0.4, -0.2) is 45.5 Å². The van der Waals surface area contributed by atoms with Crippen LogP contribution in [0.2, 0.25) is 8.67 Å². The first kappa shape index (κ1) is 20.2. The fourth-order valence-electron chi connectivity index (χ4n) is 2.80. The number of hydrogen-bond donors (Lipinski definition) is 0. The van der Waals surface area contributed by atoms with Crippen LogP contribution < -0.4 is 9.64 Å². The third-order valence-corrected chi connectivity index (χ3v) is 9.44. The second-order valence-electron chi connectivity index (χ2n) is 5.61. The number of anilines is 1. The Kier molecular flexibility index (Phi) is 6.41. The fraction of sp³-hybridized carbons (Fsp3) is 0.375. The molecule has 2 aromatic rings. The maximum Gasteiger partial charge on any atom is 0.246 e. The lowest BCUT2D eigenvalue weighted by atomic mass is 10.2. The highest BCUT2D eigenvalue weighted by Crippen LogP contribution is 2.44. The lowest BCUT2D eigenvalue weighted by Gasteiger charge is -2.35. The molecule has 5 nitrogen and oxygen atoms in total. The van der Waals surface area contributed by atoms with Crippen LogP contribution in [0.4, 0.5) is 5.69 Å². The number of ether oxygens (including phenoxy) is 1. The van der Waals surface area contributed by atoms with Crippen LogP contribution in [0.1, 0.15) is 6.92 Å². The van der Waals surface area contributed by atoms with Gasteiger partial charge in [0.1, 0.15) is 19.3 Å². The summed E-state index contributed by atoms with van der Waals surface area (Å²) < 4.78 is 33.6. The Labute approximate surface area is 175 Å². The molecule has 26 heavy (non-hydrogen) atoms. The van der Waals surface area contributed by atoms with E-state index in [9.17, 15) is 8.42 Å².